The number of fused-ring (bicyclic) bond motifs is 3. The van der Waals surface area contributed by atoms with E-state index in [1.165, 1.54) is 0 Å². The third-order valence-corrected chi connectivity index (χ3v) is 5.44. The summed E-state index contributed by atoms with van der Waals surface area (Å²) in [6.07, 6.45) is 0. The second kappa shape index (κ2) is 7.97. The van der Waals surface area contributed by atoms with E-state index in [-0.39, 0.29) is 17.0 Å². The van der Waals surface area contributed by atoms with Crippen LogP contribution in [-0.2, 0) is 6.61 Å². The first kappa shape index (κ1) is 19.5. The maximum Gasteiger partial charge on any atom is 0.344 e. The summed E-state index contributed by atoms with van der Waals surface area (Å²) in [5.41, 5.74) is 8.07. The molecule has 2 heterocycles. The molecule has 2 N–H and O–H groups in total. The van der Waals surface area contributed by atoms with Gasteiger partial charge < -0.3 is 19.6 Å². The summed E-state index contributed by atoms with van der Waals surface area (Å²) >= 11 is 0. The fourth-order valence-corrected chi connectivity index (χ4v) is 3.89. The number of nitriles is 1. The van der Waals surface area contributed by atoms with Crippen molar-refractivity contribution in [1.29, 1.82) is 5.26 Å². The van der Waals surface area contributed by atoms with Gasteiger partial charge in [-0.1, -0.05) is 54.6 Å². The molecule has 4 aromatic rings. The van der Waals surface area contributed by atoms with Crippen molar-refractivity contribution in [2.75, 3.05) is 0 Å². The Kier molecular flexibility index (Phi) is 4.85. The Morgan fingerprint density at radius 2 is 1.69 bits per heavy atom. The molecule has 0 bridgehead atoms. The van der Waals surface area contributed by atoms with Gasteiger partial charge in [0.15, 0.2) is 5.75 Å². The summed E-state index contributed by atoms with van der Waals surface area (Å²) in [5.74, 6) is 0.405. The number of rotatable bonds is 4. The van der Waals surface area contributed by atoms with Crippen molar-refractivity contribution in [2.24, 2.45) is 5.73 Å². The Bertz CT molecular complexity index is 1430. The van der Waals surface area contributed by atoms with Crippen LogP contribution >= 0.6 is 0 Å². The Balaban J connectivity index is 1.55. The average molecular weight is 422 g/mol. The van der Waals surface area contributed by atoms with E-state index < -0.39 is 11.5 Å². The van der Waals surface area contributed by atoms with Crippen molar-refractivity contribution >= 4 is 11.0 Å². The molecule has 3 aromatic carbocycles. The molecule has 5 rings (SSSR count). The van der Waals surface area contributed by atoms with E-state index in [1.54, 1.807) is 18.2 Å². The number of hydrogen-bond donors (Lipinski definition) is 1. The van der Waals surface area contributed by atoms with Gasteiger partial charge in [0.05, 0.1) is 16.9 Å². The third-order valence-electron chi connectivity index (χ3n) is 5.44. The van der Waals surface area contributed by atoms with Crippen LogP contribution in [0.2, 0.25) is 0 Å². The molecule has 0 spiro atoms. The lowest BCUT2D eigenvalue weighted by Gasteiger charge is -2.26. The van der Waals surface area contributed by atoms with Crippen molar-refractivity contribution < 1.29 is 13.9 Å². The first-order valence-electron chi connectivity index (χ1n) is 10.1. The Hall–Kier alpha value is -4.50. The minimum atomic E-state index is -0.686. The lowest BCUT2D eigenvalue weighted by Crippen LogP contribution is -2.26. The van der Waals surface area contributed by atoms with Gasteiger partial charge in [0, 0.05) is 0 Å². The molecule has 1 aromatic heterocycles. The molecular weight excluding hydrogens is 404 g/mol. The first-order valence-corrected chi connectivity index (χ1v) is 10.1. The molecular formula is C26H18N2O4. The van der Waals surface area contributed by atoms with Gasteiger partial charge in [-0.3, -0.25) is 0 Å². The maximum absolute atomic E-state index is 12.9. The molecule has 1 aliphatic rings. The molecule has 32 heavy (non-hydrogen) atoms. The fraction of sp³-hybridized carbons (Fsp3) is 0.0769. The molecule has 0 aliphatic carbocycles. The Labute approximate surface area is 183 Å². The molecule has 0 fully saturated rings. The van der Waals surface area contributed by atoms with Crippen LogP contribution in [0.5, 0.6) is 11.5 Å². The summed E-state index contributed by atoms with van der Waals surface area (Å²) in [5, 5.41) is 10.4. The highest BCUT2D eigenvalue weighted by Crippen LogP contribution is 2.43. The van der Waals surface area contributed by atoms with Gasteiger partial charge in [-0.15, -0.1) is 0 Å². The highest BCUT2D eigenvalue weighted by atomic mass is 16.5. The van der Waals surface area contributed by atoms with Crippen molar-refractivity contribution in [3.05, 3.63) is 117 Å². The third kappa shape index (κ3) is 3.36. The van der Waals surface area contributed by atoms with Crippen LogP contribution < -0.4 is 20.8 Å². The molecule has 6 nitrogen and oxygen atoms in total. The molecule has 1 unspecified atom stereocenters. The van der Waals surface area contributed by atoms with Gasteiger partial charge in [0.25, 0.3) is 0 Å². The standard InChI is InChI=1S/C26H18N2O4/c27-14-20-22(17-12-10-16(11-13-17)15-30-18-6-2-1-3-7-18)23-24(32-25(20)28)19-8-4-5-9-21(19)31-26(23)29/h1-13,22H,15,28H2. The molecule has 0 saturated carbocycles. The molecule has 156 valence electrons. The second-order valence-electron chi connectivity index (χ2n) is 7.40. The highest BCUT2D eigenvalue weighted by Gasteiger charge is 2.35. The number of ether oxygens (including phenoxy) is 2. The normalized spacial score (nSPS) is 15.0. The fourth-order valence-electron chi connectivity index (χ4n) is 3.89. The lowest BCUT2D eigenvalue weighted by atomic mass is 9.83. The molecule has 1 aliphatic heterocycles. The van der Waals surface area contributed by atoms with Gasteiger partial charge in [-0.2, -0.15) is 5.26 Å². The largest absolute Gasteiger partial charge is 0.489 e. The van der Waals surface area contributed by atoms with E-state index in [4.69, 9.17) is 19.6 Å². The van der Waals surface area contributed by atoms with Crippen molar-refractivity contribution in [3.8, 4) is 17.6 Å². The number of allylic oxidation sites excluding steroid dienone is 1. The molecule has 0 amide bonds. The molecule has 6 heteroatoms. The van der Waals surface area contributed by atoms with Crippen LogP contribution in [0.25, 0.3) is 11.0 Å². The first-order chi connectivity index (χ1) is 15.7. The van der Waals surface area contributed by atoms with Crippen LogP contribution in [-0.4, -0.2) is 0 Å². The zero-order chi connectivity index (χ0) is 22.1. The topological polar surface area (TPSA) is 98.5 Å². The van der Waals surface area contributed by atoms with Gasteiger partial charge >= 0.3 is 5.63 Å². The predicted molar refractivity (Wildman–Crippen MR) is 119 cm³/mol. The van der Waals surface area contributed by atoms with Crippen molar-refractivity contribution in [1.82, 2.24) is 0 Å². The summed E-state index contributed by atoms with van der Waals surface area (Å²) in [6.45, 7) is 0.393. The van der Waals surface area contributed by atoms with E-state index >= 15 is 0 Å². The van der Waals surface area contributed by atoms with E-state index in [0.717, 1.165) is 16.9 Å². The monoisotopic (exact) mass is 422 g/mol. The van der Waals surface area contributed by atoms with E-state index in [9.17, 15) is 10.1 Å². The van der Waals surface area contributed by atoms with Crippen LogP contribution in [0.15, 0.2) is 99.5 Å². The zero-order valence-corrected chi connectivity index (χ0v) is 16.9. The zero-order valence-electron chi connectivity index (χ0n) is 16.9. The van der Waals surface area contributed by atoms with E-state index in [1.807, 2.05) is 60.7 Å². The van der Waals surface area contributed by atoms with Gasteiger partial charge in [0.1, 0.15) is 29.6 Å². The number of nitrogens with zero attached hydrogens (tertiary/aromatic N) is 1. The molecule has 1 atom stereocenters. The highest BCUT2D eigenvalue weighted by molar-refractivity contribution is 5.86. The maximum atomic E-state index is 12.9. The summed E-state index contributed by atoms with van der Waals surface area (Å²) in [6, 6.07) is 26.3. The number of benzene rings is 3. The quantitative estimate of drug-likeness (QED) is 0.483. The summed E-state index contributed by atoms with van der Waals surface area (Å²) in [7, 11) is 0. The second-order valence-corrected chi connectivity index (χ2v) is 7.40. The van der Waals surface area contributed by atoms with Crippen LogP contribution in [0.1, 0.15) is 22.6 Å². The summed E-state index contributed by atoms with van der Waals surface area (Å²) < 4.78 is 17.1. The minimum Gasteiger partial charge on any atom is -0.489 e. The lowest BCUT2D eigenvalue weighted by molar-refractivity contribution is 0.306. The smallest absolute Gasteiger partial charge is 0.344 e. The number of para-hydroxylation sites is 2. The van der Waals surface area contributed by atoms with E-state index in [0.29, 0.717) is 23.3 Å². The number of hydrogen-bond acceptors (Lipinski definition) is 6. The SMILES string of the molecule is N#CC1=C(N)Oc2c(c(=O)oc3ccccc23)C1c1ccc(COc2ccccc2)cc1. The van der Waals surface area contributed by atoms with Gasteiger partial charge in [-0.05, 0) is 35.4 Å². The van der Waals surface area contributed by atoms with Gasteiger partial charge in [0.2, 0.25) is 5.88 Å². The predicted octanol–water partition coefficient (Wildman–Crippen LogP) is 4.59. The van der Waals surface area contributed by atoms with Crippen LogP contribution in [0.4, 0.5) is 0 Å². The Morgan fingerprint density at radius 3 is 2.44 bits per heavy atom. The molecule has 0 saturated heterocycles. The van der Waals surface area contributed by atoms with Gasteiger partial charge in [-0.25, -0.2) is 4.79 Å². The van der Waals surface area contributed by atoms with E-state index in [2.05, 4.69) is 6.07 Å². The van der Waals surface area contributed by atoms with Crippen molar-refractivity contribution in [3.63, 3.8) is 0 Å². The van der Waals surface area contributed by atoms with Crippen molar-refractivity contribution in [2.45, 2.75) is 12.5 Å². The summed E-state index contributed by atoms with van der Waals surface area (Å²) in [4.78, 5) is 12.9. The molecule has 0 radical (unpaired) electrons. The van der Waals surface area contributed by atoms with Crippen LogP contribution in [0.3, 0.4) is 0 Å². The number of nitrogens with two attached hydrogens (primary N) is 1. The Morgan fingerprint density at radius 1 is 0.969 bits per heavy atom. The minimum absolute atomic E-state index is 0.0164. The van der Waals surface area contributed by atoms with Crippen LogP contribution in [0, 0.1) is 11.3 Å². The average Bonchev–Trinajstić information content (AvgIpc) is 2.83.